The van der Waals surface area contributed by atoms with Crippen LogP contribution in [0.25, 0.3) is 0 Å². The number of rotatable bonds is 5. The molecule has 0 rings (SSSR count). The summed E-state index contributed by atoms with van der Waals surface area (Å²) in [7, 11) is 0. The van der Waals surface area contributed by atoms with Gasteiger partial charge >= 0.3 is 11.9 Å². The van der Waals surface area contributed by atoms with E-state index >= 15 is 0 Å². The van der Waals surface area contributed by atoms with E-state index in [9.17, 15) is 9.59 Å². The number of carbonyl (C=O) groups excluding carboxylic acids is 1. The van der Waals surface area contributed by atoms with E-state index in [1.54, 1.807) is 6.92 Å². The second-order valence-corrected chi connectivity index (χ2v) is 3.46. The molecule has 0 heterocycles. The molecule has 0 saturated carbocycles. The first-order valence-electron chi connectivity index (χ1n) is 5.24. The first kappa shape index (κ1) is 14.4. The second-order valence-electron chi connectivity index (χ2n) is 3.46. The zero-order valence-corrected chi connectivity index (χ0v) is 10.2. The van der Waals surface area contributed by atoms with Gasteiger partial charge in [-0.15, -0.1) is 0 Å². The van der Waals surface area contributed by atoms with Gasteiger partial charge in [0, 0.05) is 6.08 Å². The maximum atomic E-state index is 11.3. The molecular weight excluding hydrogens is 208 g/mol. The zero-order chi connectivity index (χ0) is 12.7. The third kappa shape index (κ3) is 4.77. The third-order valence-corrected chi connectivity index (χ3v) is 2.21. The van der Waals surface area contributed by atoms with Crippen LogP contribution in [-0.4, -0.2) is 17.0 Å². The summed E-state index contributed by atoms with van der Waals surface area (Å²) in [4.78, 5) is 22.1. The third-order valence-electron chi connectivity index (χ3n) is 2.21. The second kappa shape index (κ2) is 6.82. The highest BCUT2D eigenvalue weighted by molar-refractivity contribution is 5.89. The Kier molecular flexibility index (Phi) is 6.15. The average molecular weight is 226 g/mol. The number of aliphatic carboxylic acids is 1. The lowest BCUT2D eigenvalue weighted by Gasteiger charge is -2.06. The highest BCUT2D eigenvalue weighted by atomic mass is 16.5. The molecule has 0 aliphatic heterocycles. The minimum Gasteiger partial charge on any atom is -0.478 e. The average Bonchev–Trinajstić information content (AvgIpc) is 2.17. The molecule has 0 radical (unpaired) electrons. The molecule has 16 heavy (non-hydrogen) atoms. The molecule has 0 spiro atoms. The molecule has 90 valence electrons. The lowest BCUT2D eigenvalue weighted by Crippen LogP contribution is -2.07. The lowest BCUT2D eigenvalue weighted by molar-refractivity contribution is -0.135. The smallest absolute Gasteiger partial charge is 0.335 e. The van der Waals surface area contributed by atoms with Gasteiger partial charge in [-0.2, -0.15) is 0 Å². The Bertz CT molecular complexity index is 337. The molecule has 0 fully saturated rings. The van der Waals surface area contributed by atoms with E-state index in [2.05, 4.69) is 0 Å². The van der Waals surface area contributed by atoms with E-state index in [-0.39, 0.29) is 11.3 Å². The summed E-state index contributed by atoms with van der Waals surface area (Å²) in [5.74, 6) is -1.42. The van der Waals surface area contributed by atoms with Gasteiger partial charge in [-0.05, 0) is 26.7 Å². The first-order valence-corrected chi connectivity index (χ1v) is 5.24. The molecule has 0 aromatic carbocycles. The van der Waals surface area contributed by atoms with Crippen molar-refractivity contribution in [3.05, 3.63) is 23.0 Å². The van der Waals surface area contributed by atoms with Crippen molar-refractivity contribution in [2.75, 3.05) is 0 Å². The number of hydrogen-bond donors (Lipinski definition) is 1. The molecule has 0 aliphatic carbocycles. The van der Waals surface area contributed by atoms with Gasteiger partial charge in [0.2, 0.25) is 0 Å². The molecule has 4 nitrogen and oxygen atoms in total. The van der Waals surface area contributed by atoms with Crippen LogP contribution in [0.15, 0.2) is 23.0 Å². The number of esters is 1. The minimum absolute atomic E-state index is 0.121. The molecule has 0 unspecified atom stereocenters. The summed E-state index contributed by atoms with van der Waals surface area (Å²) in [6.07, 6.45) is 2.46. The Hall–Kier alpha value is -1.58. The largest absolute Gasteiger partial charge is 0.478 e. The van der Waals surface area contributed by atoms with Crippen molar-refractivity contribution in [2.24, 2.45) is 0 Å². The van der Waals surface area contributed by atoms with Gasteiger partial charge in [0.05, 0.1) is 5.57 Å². The van der Waals surface area contributed by atoms with Crippen molar-refractivity contribution in [3.8, 4) is 0 Å². The van der Waals surface area contributed by atoms with Crippen LogP contribution >= 0.6 is 0 Å². The van der Waals surface area contributed by atoms with Crippen LogP contribution in [0.5, 0.6) is 0 Å². The lowest BCUT2D eigenvalue weighted by atomic mass is 10.2. The van der Waals surface area contributed by atoms with Crippen LogP contribution in [0.2, 0.25) is 0 Å². The zero-order valence-electron chi connectivity index (χ0n) is 10.2. The molecule has 0 aliphatic rings. The predicted octanol–water partition coefficient (Wildman–Crippen LogP) is 2.65. The summed E-state index contributed by atoms with van der Waals surface area (Å²) in [5.41, 5.74) is 1.02. The van der Waals surface area contributed by atoms with E-state index in [1.807, 2.05) is 13.8 Å². The van der Waals surface area contributed by atoms with E-state index in [0.717, 1.165) is 12.0 Å². The van der Waals surface area contributed by atoms with E-state index in [1.165, 1.54) is 13.0 Å². The SMILES string of the molecule is CC/C(C)=C/C(=O)O/C(C)=C(\CC)C(=O)O. The number of ether oxygens (including phenoxy) is 1. The van der Waals surface area contributed by atoms with Crippen molar-refractivity contribution < 1.29 is 19.4 Å². The van der Waals surface area contributed by atoms with Gasteiger partial charge in [0.15, 0.2) is 0 Å². The van der Waals surface area contributed by atoms with Crippen LogP contribution in [0, 0.1) is 0 Å². The Morgan fingerprint density at radius 3 is 2.12 bits per heavy atom. The normalized spacial score (nSPS) is 13.1. The van der Waals surface area contributed by atoms with Gasteiger partial charge in [0.25, 0.3) is 0 Å². The van der Waals surface area contributed by atoms with Crippen LogP contribution in [0.4, 0.5) is 0 Å². The van der Waals surface area contributed by atoms with Crippen LogP contribution in [-0.2, 0) is 14.3 Å². The topological polar surface area (TPSA) is 63.6 Å². The van der Waals surface area contributed by atoms with E-state index in [4.69, 9.17) is 9.84 Å². The Morgan fingerprint density at radius 1 is 1.19 bits per heavy atom. The molecule has 0 atom stereocenters. The maximum absolute atomic E-state index is 11.3. The maximum Gasteiger partial charge on any atom is 0.335 e. The standard InChI is InChI=1S/C12H18O4/c1-5-8(3)7-11(13)16-9(4)10(6-2)12(14)15/h7H,5-6H2,1-4H3,(H,14,15)/b8-7+,10-9+. The van der Waals surface area contributed by atoms with Crippen molar-refractivity contribution in [1.29, 1.82) is 0 Å². The van der Waals surface area contributed by atoms with Crippen molar-refractivity contribution in [1.82, 2.24) is 0 Å². The molecule has 0 bridgehead atoms. The summed E-state index contributed by atoms with van der Waals surface area (Å²) < 4.78 is 4.92. The van der Waals surface area contributed by atoms with Crippen molar-refractivity contribution in [3.63, 3.8) is 0 Å². The molecule has 0 saturated heterocycles. The van der Waals surface area contributed by atoms with Crippen molar-refractivity contribution >= 4 is 11.9 Å². The molecule has 0 aromatic heterocycles. The molecule has 4 heteroatoms. The number of carboxylic acids is 1. The van der Waals surface area contributed by atoms with Gasteiger partial charge in [-0.3, -0.25) is 0 Å². The fraction of sp³-hybridized carbons (Fsp3) is 0.500. The summed E-state index contributed by atoms with van der Waals surface area (Å²) in [6, 6.07) is 0. The Balaban J connectivity index is 4.73. The molecule has 1 N–H and O–H groups in total. The highest BCUT2D eigenvalue weighted by Gasteiger charge is 2.12. The Labute approximate surface area is 95.6 Å². The summed E-state index contributed by atoms with van der Waals surface area (Å²) in [5, 5.41) is 8.82. The Morgan fingerprint density at radius 2 is 1.75 bits per heavy atom. The van der Waals surface area contributed by atoms with Crippen LogP contribution in [0.1, 0.15) is 40.5 Å². The van der Waals surface area contributed by atoms with Gasteiger partial charge in [-0.1, -0.05) is 19.4 Å². The summed E-state index contributed by atoms with van der Waals surface area (Å²) >= 11 is 0. The van der Waals surface area contributed by atoms with Crippen LogP contribution < -0.4 is 0 Å². The molecule has 0 amide bonds. The van der Waals surface area contributed by atoms with Crippen molar-refractivity contribution in [2.45, 2.75) is 40.5 Å². The first-order chi connectivity index (χ1) is 7.42. The monoisotopic (exact) mass is 226 g/mol. The van der Waals surface area contributed by atoms with E-state index < -0.39 is 11.9 Å². The minimum atomic E-state index is -1.05. The van der Waals surface area contributed by atoms with Crippen LogP contribution in [0.3, 0.4) is 0 Å². The predicted molar refractivity (Wildman–Crippen MR) is 60.8 cm³/mol. The van der Waals surface area contributed by atoms with E-state index in [0.29, 0.717) is 6.42 Å². The van der Waals surface area contributed by atoms with Gasteiger partial charge in [-0.25, -0.2) is 9.59 Å². The van der Waals surface area contributed by atoms with Gasteiger partial charge < -0.3 is 9.84 Å². The summed E-state index contributed by atoms with van der Waals surface area (Å²) in [6.45, 7) is 6.93. The fourth-order valence-corrected chi connectivity index (χ4v) is 1.10. The molecular formula is C12H18O4. The number of carboxylic acid groups (broad SMARTS) is 1. The molecule has 0 aromatic rings. The number of carbonyl (C=O) groups is 2. The quantitative estimate of drug-likeness (QED) is 0.444. The van der Waals surface area contributed by atoms with Gasteiger partial charge in [0.1, 0.15) is 5.76 Å². The fourth-order valence-electron chi connectivity index (χ4n) is 1.10. The highest BCUT2D eigenvalue weighted by Crippen LogP contribution is 2.11. The number of hydrogen-bond acceptors (Lipinski definition) is 3. The number of allylic oxidation sites excluding steroid dienone is 2.